The second-order valence-corrected chi connectivity index (χ2v) is 6.47. The molecular weight excluding hydrogens is 348 g/mol. The molecule has 138 valence electrons. The summed E-state index contributed by atoms with van der Waals surface area (Å²) >= 11 is 0. The highest BCUT2D eigenvalue weighted by atomic mass is 16.3. The van der Waals surface area contributed by atoms with Gasteiger partial charge in [-0.2, -0.15) is 0 Å². The predicted octanol–water partition coefficient (Wildman–Crippen LogP) is 1.55. The fourth-order valence-electron chi connectivity index (χ4n) is 3.27. The Kier molecular flexibility index (Phi) is 4.45. The highest BCUT2D eigenvalue weighted by Gasteiger charge is 2.27. The largest absolute Gasteiger partial charge is 0.459 e. The van der Waals surface area contributed by atoms with E-state index in [0.717, 1.165) is 12.8 Å². The second kappa shape index (κ2) is 7.06. The van der Waals surface area contributed by atoms with Crippen molar-refractivity contribution in [3.8, 4) is 0 Å². The number of likely N-dealkylation sites (tertiary alicyclic amines) is 1. The van der Waals surface area contributed by atoms with Gasteiger partial charge >= 0.3 is 0 Å². The van der Waals surface area contributed by atoms with Gasteiger partial charge in [0.05, 0.1) is 17.3 Å². The van der Waals surface area contributed by atoms with Crippen LogP contribution in [0.3, 0.4) is 0 Å². The lowest BCUT2D eigenvalue weighted by Gasteiger charge is -2.32. The minimum atomic E-state index is -0.542. The molecule has 0 unspecified atom stereocenters. The number of benzene rings is 1. The normalized spacial score (nSPS) is 17.0. The average Bonchev–Trinajstić information content (AvgIpc) is 3.21. The third-order valence-electron chi connectivity index (χ3n) is 4.59. The van der Waals surface area contributed by atoms with Crippen molar-refractivity contribution < 1.29 is 14.0 Å². The molecule has 2 aromatic heterocycles. The van der Waals surface area contributed by atoms with Crippen LogP contribution in [-0.2, 0) is 0 Å². The molecule has 3 heterocycles. The summed E-state index contributed by atoms with van der Waals surface area (Å²) in [6.45, 7) is 0.956. The molecule has 0 radical (unpaired) electrons. The third-order valence-corrected chi connectivity index (χ3v) is 4.59. The molecule has 1 saturated heterocycles. The second-order valence-electron chi connectivity index (χ2n) is 6.47. The van der Waals surface area contributed by atoms with E-state index in [-0.39, 0.29) is 23.4 Å². The first-order valence-corrected chi connectivity index (χ1v) is 8.74. The molecule has 2 N–H and O–H groups in total. The van der Waals surface area contributed by atoms with E-state index in [2.05, 4.69) is 15.3 Å². The minimum Gasteiger partial charge on any atom is -0.459 e. The Balaban J connectivity index is 1.48. The van der Waals surface area contributed by atoms with Crippen LogP contribution in [0, 0.1) is 0 Å². The standard InChI is InChI=1S/C19H18N4O4/c24-17(16-18(25)22-14-7-2-1-6-13(14)21-16)20-12-5-3-9-23(11-12)19(26)15-8-4-10-27-15/h1-2,4,6-8,10,12H,3,5,9,11H2,(H,20,24)(H,22,25)/t12-/m0/s1. The van der Waals surface area contributed by atoms with Gasteiger partial charge in [-0.05, 0) is 37.1 Å². The molecule has 8 nitrogen and oxygen atoms in total. The number of para-hydroxylation sites is 2. The van der Waals surface area contributed by atoms with Crippen molar-refractivity contribution in [2.75, 3.05) is 13.1 Å². The molecule has 3 aromatic rings. The molecule has 1 aliphatic heterocycles. The van der Waals surface area contributed by atoms with Crippen molar-refractivity contribution in [3.05, 3.63) is 64.5 Å². The van der Waals surface area contributed by atoms with Crippen LogP contribution in [0.25, 0.3) is 11.0 Å². The summed E-state index contributed by atoms with van der Waals surface area (Å²) in [4.78, 5) is 45.7. The topological polar surface area (TPSA) is 108 Å². The van der Waals surface area contributed by atoms with Crippen LogP contribution in [0.2, 0.25) is 0 Å². The zero-order valence-electron chi connectivity index (χ0n) is 14.5. The summed E-state index contributed by atoms with van der Waals surface area (Å²) in [6, 6.07) is 10.0. The van der Waals surface area contributed by atoms with Crippen LogP contribution < -0.4 is 10.9 Å². The number of H-pyrrole nitrogens is 1. The number of fused-ring (bicyclic) bond motifs is 1. The minimum absolute atomic E-state index is 0.178. The Morgan fingerprint density at radius 3 is 2.89 bits per heavy atom. The smallest absolute Gasteiger partial charge is 0.289 e. The van der Waals surface area contributed by atoms with Gasteiger partial charge in [-0.1, -0.05) is 12.1 Å². The summed E-state index contributed by atoms with van der Waals surface area (Å²) in [5, 5.41) is 2.82. The van der Waals surface area contributed by atoms with E-state index in [1.807, 2.05) is 0 Å². The van der Waals surface area contributed by atoms with E-state index >= 15 is 0 Å². The number of aromatic nitrogens is 2. The molecule has 0 bridgehead atoms. The van der Waals surface area contributed by atoms with Crippen LogP contribution >= 0.6 is 0 Å². The van der Waals surface area contributed by atoms with Crippen LogP contribution in [0.5, 0.6) is 0 Å². The highest BCUT2D eigenvalue weighted by Crippen LogP contribution is 2.15. The number of carbonyl (C=O) groups is 2. The SMILES string of the molecule is O=C(N[C@H]1CCCN(C(=O)c2ccco2)C1)c1nc2ccccc2[nH]c1=O. The predicted molar refractivity (Wildman–Crippen MR) is 97.5 cm³/mol. The number of hydrogen-bond donors (Lipinski definition) is 2. The van der Waals surface area contributed by atoms with Crippen LogP contribution in [0.1, 0.15) is 33.9 Å². The van der Waals surface area contributed by atoms with E-state index in [4.69, 9.17) is 4.42 Å². The lowest BCUT2D eigenvalue weighted by Crippen LogP contribution is -2.50. The molecule has 27 heavy (non-hydrogen) atoms. The van der Waals surface area contributed by atoms with E-state index in [1.54, 1.807) is 41.3 Å². The van der Waals surface area contributed by atoms with Gasteiger partial charge in [0.1, 0.15) is 0 Å². The van der Waals surface area contributed by atoms with Crippen LogP contribution in [0.15, 0.2) is 51.9 Å². The zero-order valence-corrected chi connectivity index (χ0v) is 14.5. The van der Waals surface area contributed by atoms with Gasteiger partial charge in [0.25, 0.3) is 17.4 Å². The van der Waals surface area contributed by atoms with E-state index in [1.165, 1.54) is 6.26 Å². The molecule has 1 aromatic carbocycles. The molecule has 1 aliphatic rings. The fraction of sp³-hybridized carbons (Fsp3) is 0.263. The van der Waals surface area contributed by atoms with Gasteiger partial charge in [-0.25, -0.2) is 4.98 Å². The highest BCUT2D eigenvalue weighted by molar-refractivity contribution is 5.94. The van der Waals surface area contributed by atoms with Crippen molar-refractivity contribution in [3.63, 3.8) is 0 Å². The first kappa shape index (κ1) is 17.0. The Morgan fingerprint density at radius 1 is 1.22 bits per heavy atom. The summed E-state index contributed by atoms with van der Waals surface area (Å²) in [5.74, 6) is -0.477. The molecule has 1 fully saturated rings. The average molecular weight is 366 g/mol. The van der Waals surface area contributed by atoms with E-state index < -0.39 is 11.5 Å². The number of aromatic amines is 1. The Hall–Kier alpha value is -3.42. The number of rotatable bonds is 3. The number of nitrogens with zero attached hydrogens (tertiary/aromatic N) is 2. The Labute approximate surface area is 154 Å². The van der Waals surface area contributed by atoms with Gasteiger partial charge in [0.15, 0.2) is 11.5 Å². The number of hydrogen-bond acceptors (Lipinski definition) is 5. The molecule has 4 rings (SSSR count). The quantitative estimate of drug-likeness (QED) is 0.731. The molecule has 1 atom stereocenters. The maximum Gasteiger partial charge on any atom is 0.289 e. The van der Waals surface area contributed by atoms with Crippen LogP contribution in [-0.4, -0.2) is 45.8 Å². The molecule has 0 saturated carbocycles. The summed E-state index contributed by atoms with van der Waals surface area (Å²) in [6.07, 6.45) is 2.92. The van der Waals surface area contributed by atoms with E-state index in [0.29, 0.717) is 24.1 Å². The number of carbonyl (C=O) groups excluding carboxylic acids is 2. The summed E-state index contributed by atoms with van der Waals surface area (Å²) in [5.41, 5.74) is 0.404. The van der Waals surface area contributed by atoms with Crippen molar-refractivity contribution in [2.45, 2.75) is 18.9 Å². The number of nitrogens with one attached hydrogen (secondary N) is 2. The molecule has 8 heteroatoms. The molecule has 2 amide bonds. The van der Waals surface area contributed by atoms with Crippen LogP contribution in [0.4, 0.5) is 0 Å². The van der Waals surface area contributed by atoms with Crippen molar-refractivity contribution in [1.82, 2.24) is 20.2 Å². The lowest BCUT2D eigenvalue weighted by atomic mass is 10.1. The zero-order chi connectivity index (χ0) is 18.8. The number of amides is 2. The first-order valence-electron chi connectivity index (χ1n) is 8.74. The van der Waals surface area contributed by atoms with Gasteiger partial charge in [-0.3, -0.25) is 14.4 Å². The van der Waals surface area contributed by atoms with E-state index in [9.17, 15) is 14.4 Å². The lowest BCUT2D eigenvalue weighted by molar-refractivity contribution is 0.0646. The maximum atomic E-state index is 12.6. The van der Waals surface area contributed by atoms with Gasteiger partial charge in [0, 0.05) is 19.1 Å². The molecular formula is C19H18N4O4. The fourth-order valence-corrected chi connectivity index (χ4v) is 3.27. The summed E-state index contributed by atoms with van der Waals surface area (Å²) < 4.78 is 5.16. The Bertz CT molecular complexity index is 1040. The third kappa shape index (κ3) is 3.46. The molecule has 0 aliphatic carbocycles. The van der Waals surface area contributed by atoms with Gasteiger partial charge < -0.3 is 19.6 Å². The number of piperidine rings is 1. The monoisotopic (exact) mass is 366 g/mol. The first-order chi connectivity index (χ1) is 13.1. The molecule has 0 spiro atoms. The van der Waals surface area contributed by atoms with Gasteiger partial charge in [-0.15, -0.1) is 0 Å². The maximum absolute atomic E-state index is 12.6. The number of furan rings is 1. The van der Waals surface area contributed by atoms with Crippen molar-refractivity contribution >= 4 is 22.8 Å². The van der Waals surface area contributed by atoms with Crippen molar-refractivity contribution in [1.29, 1.82) is 0 Å². The van der Waals surface area contributed by atoms with Crippen molar-refractivity contribution in [2.24, 2.45) is 0 Å². The summed E-state index contributed by atoms with van der Waals surface area (Å²) in [7, 11) is 0. The Morgan fingerprint density at radius 2 is 2.07 bits per heavy atom. The van der Waals surface area contributed by atoms with Gasteiger partial charge in [0.2, 0.25) is 0 Å².